The largest absolute Gasteiger partial charge is 0.462 e. The molecule has 94 valence electrons. The molecule has 1 aliphatic carbocycles. The van der Waals surface area contributed by atoms with Crippen molar-refractivity contribution in [1.29, 1.82) is 0 Å². The summed E-state index contributed by atoms with van der Waals surface area (Å²) in [4.78, 5) is 11.7. The van der Waals surface area contributed by atoms with Gasteiger partial charge in [0.05, 0.1) is 12.2 Å². The van der Waals surface area contributed by atoms with Crippen molar-refractivity contribution in [1.82, 2.24) is 0 Å². The van der Waals surface area contributed by atoms with Crippen LogP contribution in [0.5, 0.6) is 0 Å². The number of ether oxygens (including phenoxy) is 1. The predicted molar refractivity (Wildman–Crippen MR) is 69.0 cm³/mol. The minimum absolute atomic E-state index is 0.330. The Kier molecular flexibility index (Phi) is 4.31. The summed E-state index contributed by atoms with van der Waals surface area (Å²) in [6.45, 7) is 0.330. The second kappa shape index (κ2) is 6.17. The highest BCUT2D eigenvalue weighted by Crippen LogP contribution is 2.13. The van der Waals surface area contributed by atoms with Crippen molar-refractivity contribution in [3.05, 3.63) is 59.7 Å². The van der Waals surface area contributed by atoms with Crippen molar-refractivity contribution >= 4 is 5.97 Å². The van der Waals surface area contributed by atoms with Crippen LogP contribution in [0.3, 0.4) is 0 Å². The predicted octanol–water partition coefficient (Wildman–Crippen LogP) is 2.02. The van der Waals surface area contributed by atoms with E-state index < -0.39 is 12.1 Å². The summed E-state index contributed by atoms with van der Waals surface area (Å²) in [7, 11) is 0. The number of allylic oxidation sites excluding steroid dienone is 2. The van der Waals surface area contributed by atoms with E-state index in [4.69, 9.17) is 4.74 Å². The zero-order valence-corrected chi connectivity index (χ0v) is 10.1. The van der Waals surface area contributed by atoms with Gasteiger partial charge in [-0.15, -0.1) is 0 Å². The highest BCUT2D eigenvalue weighted by atomic mass is 16.5. The molecule has 1 N–H and O–H groups in total. The molecule has 1 aliphatic rings. The molecular formula is C15H16O3. The zero-order valence-electron chi connectivity index (χ0n) is 10.1. The van der Waals surface area contributed by atoms with Gasteiger partial charge in [-0.1, -0.05) is 48.6 Å². The molecule has 1 aromatic carbocycles. The van der Waals surface area contributed by atoms with E-state index in [1.165, 1.54) is 0 Å². The van der Waals surface area contributed by atoms with Gasteiger partial charge in [0.1, 0.15) is 6.10 Å². The second-order valence-corrected chi connectivity index (χ2v) is 4.14. The molecule has 0 bridgehead atoms. The Morgan fingerprint density at radius 1 is 1.33 bits per heavy atom. The zero-order chi connectivity index (χ0) is 12.8. The molecule has 0 fully saturated rings. The quantitative estimate of drug-likeness (QED) is 0.651. The Bertz CT molecular complexity index is 460. The lowest BCUT2D eigenvalue weighted by molar-refractivity contribution is -0.139. The van der Waals surface area contributed by atoms with Gasteiger partial charge >= 0.3 is 5.97 Å². The van der Waals surface area contributed by atoms with Crippen molar-refractivity contribution in [3.63, 3.8) is 0 Å². The molecule has 1 aromatic rings. The maximum atomic E-state index is 11.7. The van der Waals surface area contributed by atoms with Gasteiger partial charge in [0.2, 0.25) is 0 Å². The van der Waals surface area contributed by atoms with Crippen molar-refractivity contribution in [2.45, 2.75) is 18.9 Å². The summed E-state index contributed by atoms with van der Waals surface area (Å²) < 4.78 is 5.15. The molecule has 0 radical (unpaired) electrons. The van der Waals surface area contributed by atoms with E-state index in [1.807, 2.05) is 36.4 Å². The first-order chi connectivity index (χ1) is 8.77. The van der Waals surface area contributed by atoms with Gasteiger partial charge in [-0.2, -0.15) is 0 Å². The Morgan fingerprint density at radius 2 is 2.11 bits per heavy atom. The van der Waals surface area contributed by atoms with E-state index in [9.17, 15) is 9.90 Å². The topological polar surface area (TPSA) is 46.5 Å². The molecule has 0 saturated carbocycles. The minimum Gasteiger partial charge on any atom is -0.462 e. The van der Waals surface area contributed by atoms with Crippen LogP contribution in [0, 0.1) is 0 Å². The Labute approximate surface area is 106 Å². The molecule has 0 aliphatic heterocycles. The number of aliphatic hydroxyl groups excluding tert-OH is 1. The number of carbonyl (C=O) groups excluding carboxylic acids is 1. The fourth-order valence-electron chi connectivity index (χ4n) is 1.82. The van der Waals surface area contributed by atoms with Crippen molar-refractivity contribution < 1.29 is 14.6 Å². The Hall–Kier alpha value is -1.87. The normalized spacial score (nSPS) is 18.3. The summed E-state index contributed by atoms with van der Waals surface area (Å²) in [5.41, 5.74) is 1.47. The number of hydrogen-bond donors (Lipinski definition) is 1. The number of benzene rings is 1. The van der Waals surface area contributed by atoms with E-state index in [2.05, 4.69) is 0 Å². The van der Waals surface area contributed by atoms with E-state index in [0.29, 0.717) is 25.0 Å². The van der Waals surface area contributed by atoms with Crippen LogP contribution in [0.4, 0.5) is 0 Å². The Morgan fingerprint density at radius 3 is 2.83 bits per heavy atom. The van der Waals surface area contributed by atoms with Crippen LogP contribution in [-0.2, 0) is 16.0 Å². The lowest BCUT2D eigenvalue weighted by Gasteiger charge is -2.13. The lowest BCUT2D eigenvalue weighted by Crippen LogP contribution is -2.20. The first kappa shape index (κ1) is 12.6. The average molecular weight is 244 g/mol. The van der Waals surface area contributed by atoms with Gasteiger partial charge in [-0.05, 0) is 12.0 Å². The molecule has 3 nitrogen and oxygen atoms in total. The van der Waals surface area contributed by atoms with Crippen LogP contribution < -0.4 is 0 Å². The number of carbonyl (C=O) groups is 1. The van der Waals surface area contributed by atoms with Gasteiger partial charge in [0.15, 0.2) is 0 Å². The fourth-order valence-corrected chi connectivity index (χ4v) is 1.82. The van der Waals surface area contributed by atoms with Crippen LogP contribution in [0.2, 0.25) is 0 Å². The highest BCUT2D eigenvalue weighted by molar-refractivity contribution is 5.90. The summed E-state index contributed by atoms with van der Waals surface area (Å²) in [6.07, 6.45) is 5.66. The van der Waals surface area contributed by atoms with Crippen LogP contribution in [0.1, 0.15) is 12.0 Å². The van der Waals surface area contributed by atoms with Gasteiger partial charge in [-0.3, -0.25) is 0 Å². The molecule has 0 spiro atoms. The standard InChI is InChI=1S/C15H16O3/c16-14-9-5-4-8-13(14)15(17)18-11-10-12-6-2-1-3-7-12/h1-3,5-9,14,16H,4,10-11H2. The molecule has 0 amide bonds. The minimum atomic E-state index is -0.831. The number of rotatable bonds is 4. The third-order valence-electron chi connectivity index (χ3n) is 2.81. The number of aliphatic hydroxyl groups is 1. The fraction of sp³-hybridized carbons (Fsp3) is 0.267. The van der Waals surface area contributed by atoms with Crippen LogP contribution in [0.25, 0.3) is 0 Å². The third kappa shape index (κ3) is 3.31. The lowest BCUT2D eigenvalue weighted by atomic mass is 10.0. The monoisotopic (exact) mass is 244 g/mol. The Balaban J connectivity index is 1.80. The summed E-state index contributed by atoms with van der Waals surface area (Å²) in [6, 6.07) is 9.84. The van der Waals surface area contributed by atoms with Gasteiger partial charge in [0, 0.05) is 6.42 Å². The van der Waals surface area contributed by atoms with E-state index in [-0.39, 0.29) is 0 Å². The molecule has 0 aromatic heterocycles. The summed E-state index contributed by atoms with van der Waals surface area (Å²) >= 11 is 0. The number of esters is 1. The molecule has 18 heavy (non-hydrogen) atoms. The van der Waals surface area contributed by atoms with E-state index in [0.717, 1.165) is 5.56 Å². The van der Waals surface area contributed by atoms with Crippen LogP contribution in [0.15, 0.2) is 54.1 Å². The van der Waals surface area contributed by atoms with Gasteiger partial charge in [-0.25, -0.2) is 4.79 Å². The smallest absolute Gasteiger partial charge is 0.336 e. The molecule has 0 heterocycles. The van der Waals surface area contributed by atoms with Gasteiger partial charge in [0.25, 0.3) is 0 Å². The molecule has 0 saturated heterocycles. The molecule has 2 rings (SSSR count). The van der Waals surface area contributed by atoms with Crippen LogP contribution >= 0.6 is 0 Å². The number of hydrogen-bond acceptors (Lipinski definition) is 3. The molecule has 1 atom stereocenters. The summed E-state index contributed by atoms with van der Waals surface area (Å²) in [5.74, 6) is -0.428. The molecule has 1 unspecified atom stereocenters. The average Bonchev–Trinajstić information content (AvgIpc) is 2.40. The first-order valence-electron chi connectivity index (χ1n) is 6.03. The van der Waals surface area contributed by atoms with Gasteiger partial charge < -0.3 is 9.84 Å². The maximum absolute atomic E-state index is 11.7. The van der Waals surface area contributed by atoms with Crippen LogP contribution in [-0.4, -0.2) is 23.8 Å². The highest BCUT2D eigenvalue weighted by Gasteiger charge is 2.19. The second-order valence-electron chi connectivity index (χ2n) is 4.14. The first-order valence-corrected chi connectivity index (χ1v) is 6.03. The SMILES string of the molecule is O=C(OCCc1ccccc1)C1=CCC=CC1O. The van der Waals surface area contributed by atoms with Crippen molar-refractivity contribution in [2.75, 3.05) is 6.61 Å². The third-order valence-corrected chi connectivity index (χ3v) is 2.81. The maximum Gasteiger partial charge on any atom is 0.336 e. The summed E-state index contributed by atoms with van der Waals surface area (Å²) in [5, 5.41) is 9.60. The molecular weight excluding hydrogens is 228 g/mol. The molecule has 3 heteroatoms. The van der Waals surface area contributed by atoms with Crippen molar-refractivity contribution in [3.8, 4) is 0 Å². The van der Waals surface area contributed by atoms with E-state index in [1.54, 1.807) is 12.2 Å². The van der Waals surface area contributed by atoms with E-state index >= 15 is 0 Å². The van der Waals surface area contributed by atoms with Crippen molar-refractivity contribution in [2.24, 2.45) is 0 Å².